The predicted molar refractivity (Wildman–Crippen MR) is 88.4 cm³/mol. The van der Waals surface area contributed by atoms with E-state index in [0.717, 1.165) is 16.5 Å². The average molecular weight is 276 g/mol. The summed E-state index contributed by atoms with van der Waals surface area (Å²) in [6.45, 7) is 6.40. The first-order valence-electron chi connectivity index (χ1n) is 7.25. The first-order valence-corrected chi connectivity index (χ1v) is 7.25. The quantitative estimate of drug-likeness (QED) is 0.761. The zero-order valence-electron chi connectivity index (χ0n) is 12.7. The van der Waals surface area contributed by atoms with Crippen LogP contribution in [0.5, 0.6) is 0 Å². The van der Waals surface area contributed by atoms with Gasteiger partial charge < -0.3 is 5.73 Å². The van der Waals surface area contributed by atoms with Crippen LogP contribution in [0, 0.1) is 20.8 Å². The second-order valence-corrected chi connectivity index (χ2v) is 5.71. The minimum Gasteiger partial charge on any atom is -0.320 e. The molecule has 0 aliphatic rings. The lowest BCUT2D eigenvalue weighted by Gasteiger charge is -2.20. The number of aryl methyl sites for hydroxylation is 3. The van der Waals surface area contributed by atoms with E-state index >= 15 is 0 Å². The van der Waals surface area contributed by atoms with Gasteiger partial charge in [0.2, 0.25) is 0 Å². The van der Waals surface area contributed by atoms with Crippen molar-refractivity contribution in [3.05, 3.63) is 76.5 Å². The van der Waals surface area contributed by atoms with Gasteiger partial charge in [0.1, 0.15) is 0 Å². The minimum absolute atomic E-state index is 0.126. The molecule has 0 fully saturated rings. The molecule has 0 aliphatic carbocycles. The van der Waals surface area contributed by atoms with Gasteiger partial charge in [-0.1, -0.05) is 35.9 Å². The molecule has 0 radical (unpaired) electrons. The Hall–Kier alpha value is -2.19. The van der Waals surface area contributed by atoms with Crippen LogP contribution in [0.2, 0.25) is 0 Å². The summed E-state index contributed by atoms with van der Waals surface area (Å²) in [6.07, 6.45) is 1.82. The van der Waals surface area contributed by atoms with Gasteiger partial charge in [0.05, 0.1) is 11.6 Å². The maximum atomic E-state index is 6.61. The van der Waals surface area contributed by atoms with E-state index in [4.69, 9.17) is 5.73 Å². The Balaban J connectivity index is 2.20. The molecule has 0 spiro atoms. The standard InChI is InChI=1S/C19H20N2/c1-12-10-13(2)18(14(3)11-12)19(20)16-6-4-8-17-15(16)7-5-9-21-17/h4-11,19H,20H2,1-3H3. The van der Waals surface area contributed by atoms with Gasteiger partial charge in [0, 0.05) is 11.6 Å². The highest BCUT2D eigenvalue weighted by Crippen LogP contribution is 2.30. The van der Waals surface area contributed by atoms with Crippen molar-refractivity contribution in [3.63, 3.8) is 0 Å². The Morgan fingerprint density at radius 2 is 1.67 bits per heavy atom. The topological polar surface area (TPSA) is 38.9 Å². The van der Waals surface area contributed by atoms with Crippen molar-refractivity contribution in [2.75, 3.05) is 0 Å². The number of rotatable bonds is 2. The second kappa shape index (κ2) is 5.30. The first-order chi connectivity index (χ1) is 10.1. The summed E-state index contributed by atoms with van der Waals surface area (Å²) < 4.78 is 0. The van der Waals surface area contributed by atoms with E-state index in [0.29, 0.717) is 0 Å². The van der Waals surface area contributed by atoms with Crippen LogP contribution < -0.4 is 5.73 Å². The molecule has 1 heterocycles. The molecule has 0 aliphatic heterocycles. The largest absolute Gasteiger partial charge is 0.320 e. The fraction of sp³-hybridized carbons (Fsp3) is 0.211. The van der Waals surface area contributed by atoms with E-state index < -0.39 is 0 Å². The third-order valence-electron chi connectivity index (χ3n) is 4.06. The summed E-state index contributed by atoms with van der Waals surface area (Å²) in [5.74, 6) is 0. The predicted octanol–water partition coefficient (Wildman–Crippen LogP) is 4.21. The minimum atomic E-state index is -0.126. The van der Waals surface area contributed by atoms with Crippen LogP contribution in [-0.4, -0.2) is 4.98 Å². The van der Waals surface area contributed by atoms with Crippen LogP contribution in [0.3, 0.4) is 0 Å². The van der Waals surface area contributed by atoms with Gasteiger partial charge in [-0.05, 0) is 55.2 Å². The number of aromatic nitrogens is 1. The van der Waals surface area contributed by atoms with Crippen LogP contribution in [0.4, 0.5) is 0 Å². The second-order valence-electron chi connectivity index (χ2n) is 5.71. The first kappa shape index (κ1) is 13.8. The Bertz CT molecular complexity index is 777. The van der Waals surface area contributed by atoms with Crippen molar-refractivity contribution in [2.45, 2.75) is 26.8 Å². The van der Waals surface area contributed by atoms with Gasteiger partial charge in [-0.3, -0.25) is 4.98 Å². The van der Waals surface area contributed by atoms with Crippen molar-refractivity contribution in [1.82, 2.24) is 4.98 Å². The molecule has 1 atom stereocenters. The molecule has 0 amide bonds. The lowest BCUT2D eigenvalue weighted by Crippen LogP contribution is -2.15. The molecule has 1 aromatic heterocycles. The molecule has 2 heteroatoms. The Kier molecular flexibility index (Phi) is 3.48. The van der Waals surface area contributed by atoms with Crippen molar-refractivity contribution in [3.8, 4) is 0 Å². The number of pyridine rings is 1. The Morgan fingerprint density at radius 3 is 2.38 bits per heavy atom. The number of hydrogen-bond acceptors (Lipinski definition) is 2. The molecule has 3 rings (SSSR count). The van der Waals surface area contributed by atoms with E-state index in [2.05, 4.69) is 50.0 Å². The lowest BCUT2D eigenvalue weighted by atomic mass is 9.89. The van der Waals surface area contributed by atoms with Crippen LogP contribution in [0.15, 0.2) is 48.7 Å². The summed E-state index contributed by atoms with van der Waals surface area (Å²) in [4.78, 5) is 4.42. The molecule has 2 aromatic carbocycles. The van der Waals surface area contributed by atoms with Crippen LogP contribution in [-0.2, 0) is 0 Å². The molecule has 0 saturated heterocycles. The van der Waals surface area contributed by atoms with Gasteiger partial charge in [0.15, 0.2) is 0 Å². The van der Waals surface area contributed by atoms with Crippen molar-refractivity contribution < 1.29 is 0 Å². The summed E-state index contributed by atoms with van der Waals surface area (Å²) in [7, 11) is 0. The van der Waals surface area contributed by atoms with E-state index in [9.17, 15) is 0 Å². The highest BCUT2D eigenvalue weighted by atomic mass is 14.7. The van der Waals surface area contributed by atoms with Gasteiger partial charge >= 0.3 is 0 Å². The van der Waals surface area contributed by atoms with Crippen molar-refractivity contribution in [2.24, 2.45) is 5.73 Å². The van der Waals surface area contributed by atoms with Gasteiger partial charge in [0.25, 0.3) is 0 Å². The van der Waals surface area contributed by atoms with E-state index in [-0.39, 0.29) is 6.04 Å². The molecule has 2 nitrogen and oxygen atoms in total. The highest BCUT2D eigenvalue weighted by molar-refractivity contribution is 5.83. The van der Waals surface area contributed by atoms with Gasteiger partial charge in [-0.2, -0.15) is 0 Å². The molecule has 0 saturated carbocycles. The smallest absolute Gasteiger partial charge is 0.0705 e. The number of fused-ring (bicyclic) bond motifs is 1. The molecule has 3 aromatic rings. The summed E-state index contributed by atoms with van der Waals surface area (Å²) in [6, 6.07) is 14.5. The molecular formula is C19H20N2. The zero-order chi connectivity index (χ0) is 15.0. The van der Waals surface area contributed by atoms with E-state index in [1.807, 2.05) is 24.4 Å². The van der Waals surface area contributed by atoms with Crippen LogP contribution in [0.25, 0.3) is 10.9 Å². The number of nitrogens with two attached hydrogens (primary N) is 1. The average Bonchev–Trinajstić information content (AvgIpc) is 2.45. The van der Waals surface area contributed by atoms with Gasteiger partial charge in [-0.25, -0.2) is 0 Å². The molecule has 1 unspecified atom stereocenters. The van der Waals surface area contributed by atoms with Crippen LogP contribution in [0.1, 0.15) is 33.9 Å². The maximum Gasteiger partial charge on any atom is 0.0705 e. The zero-order valence-corrected chi connectivity index (χ0v) is 12.7. The van der Waals surface area contributed by atoms with Crippen molar-refractivity contribution in [1.29, 1.82) is 0 Å². The van der Waals surface area contributed by atoms with E-state index in [1.165, 1.54) is 22.3 Å². The fourth-order valence-electron chi connectivity index (χ4n) is 3.24. The Morgan fingerprint density at radius 1 is 0.952 bits per heavy atom. The maximum absolute atomic E-state index is 6.61. The monoisotopic (exact) mass is 276 g/mol. The summed E-state index contributed by atoms with van der Waals surface area (Å²) in [5, 5.41) is 1.13. The number of benzene rings is 2. The van der Waals surface area contributed by atoms with Crippen molar-refractivity contribution >= 4 is 10.9 Å². The fourth-order valence-corrected chi connectivity index (χ4v) is 3.24. The third kappa shape index (κ3) is 2.43. The normalized spacial score (nSPS) is 12.6. The lowest BCUT2D eigenvalue weighted by molar-refractivity contribution is 0.858. The molecule has 106 valence electrons. The number of hydrogen-bond donors (Lipinski definition) is 1. The van der Waals surface area contributed by atoms with Gasteiger partial charge in [-0.15, -0.1) is 0 Å². The molecule has 2 N–H and O–H groups in total. The number of nitrogens with zero attached hydrogens (tertiary/aromatic N) is 1. The summed E-state index contributed by atoms with van der Waals surface area (Å²) >= 11 is 0. The molecular weight excluding hydrogens is 256 g/mol. The highest BCUT2D eigenvalue weighted by Gasteiger charge is 2.16. The Labute approximate surface area is 125 Å². The molecule has 21 heavy (non-hydrogen) atoms. The SMILES string of the molecule is Cc1cc(C)c(C(N)c2cccc3ncccc23)c(C)c1. The van der Waals surface area contributed by atoms with Crippen LogP contribution >= 0.6 is 0 Å². The third-order valence-corrected chi connectivity index (χ3v) is 4.06. The summed E-state index contributed by atoms with van der Waals surface area (Å²) in [5.41, 5.74) is 13.7. The molecule has 0 bridgehead atoms. The van der Waals surface area contributed by atoms with E-state index in [1.54, 1.807) is 0 Å².